The van der Waals surface area contributed by atoms with Crippen molar-refractivity contribution < 1.29 is 22.7 Å². The second kappa shape index (κ2) is 14.0. The minimum absolute atomic E-state index is 0.175. The highest BCUT2D eigenvalue weighted by molar-refractivity contribution is 7.92. The Bertz CT molecular complexity index is 1360. The summed E-state index contributed by atoms with van der Waals surface area (Å²) in [4.78, 5) is 28.4. The van der Waals surface area contributed by atoms with Gasteiger partial charge in [0, 0.05) is 13.1 Å². The van der Waals surface area contributed by atoms with E-state index in [0.717, 1.165) is 21.7 Å². The van der Waals surface area contributed by atoms with Crippen LogP contribution in [0.1, 0.15) is 38.3 Å². The fourth-order valence-corrected chi connectivity index (χ4v) is 5.00. The molecule has 0 aliphatic rings. The number of anilines is 1. The first-order valence-electron chi connectivity index (χ1n) is 13.4. The Balaban J connectivity index is 1.88. The zero-order valence-corrected chi connectivity index (χ0v) is 24.6. The number of benzene rings is 3. The third kappa shape index (κ3) is 8.84. The zero-order valence-electron chi connectivity index (χ0n) is 23.8. The maximum Gasteiger partial charge on any atom is 0.244 e. The van der Waals surface area contributed by atoms with Gasteiger partial charge in [0.05, 0.1) is 11.9 Å². The summed E-state index contributed by atoms with van der Waals surface area (Å²) >= 11 is 0. The Labute approximate surface area is 238 Å². The molecule has 0 saturated carbocycles. The number of carbonyl (C=O) groups excluding carboxylic acids is 2. The van der Waals surface area contributed by atoms with Gasteiger partial charge in [-0.1, -0.05) is 68.8 Å². The number of aryl methyl sites for hydroxylation is 1. The number of nitrogens with zero attached hydrogens (tertiary/aromatic N) is 2. The molecule has 9 heteroatoms. The van der Waals surface area contributed by atoms with Crippen LogP contribution in [0.4, 0.5) is 5.69 Å². The smallest absolute Gasteiger partial charge is 0.244 e. The van der Waals surface area contributed by atoms with Crippen LogP contribution in [0.15, 0.2) is 78.9 Å². The summed E-state index contributed by atoms with van der Waals surface area (Å²) in [5, 5.41) is 2.93. The van der Waals surface area contributed by atoms with E-state index < -0.39 is 28.5 Å². The molecule has 214 valence electrons. The number of rotatable bonds is 13. The fourth-order valence-electron chi connectivity index (χ4n) is 4.15. The van der Waals surface area contributed by atoms with Crippen LogP contribution in [0.25, 0.3) is 0 Å². The SMILES string of the molecule is CC[C@@H](C(=O)NCC(C)C)N(Cc1ccc(C)cc1)C(=O)CN(c1ccc(Oc2ccccc2)cc1)S(C)(=O)=O. The van der Waals surface area contributed by atoms with Gasteiger partial charge in [-0.3, -0.25) is 13.9 Å². The van der Waals surface area contributed by atoms with E-state index in [4.69, 9.17) is 4.74 Å². The largest absolute Gasteiger partial charge is 0.457 e. The van der Waals surface area contributed by atoms with E-state index in [1.165, 1.54) is 4.90 Å². The minimum Gasteiger partial charge on any atom is -0.457 e. The fraction of sp³-hybridized carbons (Fsp3) is 0.355. The van der Waals surface area contributed by atoms with Crippen LogP contribution < -0.4 is 14.4 Å². The van der Waals surface area contributed by atoms with Crippen molar-refractivity contribution in [1.82, 2.24) is 10.2 Å². The number of para-hydroxylation sites is 1. The highest BCUT2D eigenvalue weighted by Crippen LogP contribution is 2.26. The molecule has 0 aromatic heterocycles. The number of hydrogen-bond donors (Lipinski definition) is 1. The molecule has 0 unspecified atom stereocenters. The van der Waals surface area contributed by atoms with Gasteiger partial charge < -0.3 is 15.0 Å². The van der Waals surface area contributed by atoms with Crippen molar-refractivity contribution in [2.75, 3.05) is 23.7 Å². The molecule has 0 aliphatic carbocycles. The number of sulfonamides is 1. The lowest BCUT2D eigenvalue weighted by molar-refractivity contribution is -0.140. The van der Waals surface area contributed by atoms with Crippen molar-refractivity contribution in [3.05, 3.63) is 90.0 Å². The molecular formula is C31H39N3O5S. The molecular weight excluding hydrogens is 526 g/mol. The molecule has 0 radical (unpaired) electrons. The molecule has 0 spiro atoms. The van der Waals surface area contributed by atoms with Gasteiger partial charge in [-0.2, -0.15) is 0 Å². The van der Waals surface area contributed by atoms with Gasteiger partial charge >= 0.3 is 0 Å². The topological polar surface area (TPSA) is 96.0 Å². The Morgan fingerprint density at radius 1 is 0.900 bits per heavy atom. The van der Waals surface area contributed by atoms with Crippen LogP contribution in [0.2, 0.25) is 0 Å². The lowest BCUT2D eigenvalue weighted by Crippen LogP contribution is -2.52. The number of carbonyl (C=O) groups is 2. The summed E-state index contributed by atoms with van der Waals surface area (Å²) in [5.41, 5.74) is 2.25. The summed E-state index contributed by atoms with van der Waals surface area (Å²) in [6.45, 7) is 8.02. The van der Waals surface area contributed by atoms with E-state index in [2.05, 4.69) is 5.32 Å². The summed E-state index contributed by atoms with van der Waals surface area (Å²) in [6, 6.07) is 22.7. The molecule has 40 heavy (non-hydrogen) atoms. The Morgan fingerprint density at radius 2 is 1.50 bits per heavy atom. The molecule has 3 aromatic rings. The van der Waals surface area contributed by atoms with Gasteiger partial charge in [0.15, 0.2) is 0 Å². The standard InChI is InChI=1S/C31H39N3O5S/c1-6-29(31(36)32-20-23(2)3)33(21-25-14-12-24(4)13-15-25)30(35)22-34(40(5,37)38)26-16-18-28(19-17-26)39-27-10-8-7-9-11-27/h7-19,23,29H,6,20-22H2,1-5H3,(H,32,36)/t29-/m0/s1. The van der Waals surface area contributed by atoms with Gasteiger partial charge in [-0.25, -0.2) is 8.42 Å². The molecule has 3 aromatic carbocycles. The molecule has 1 N–H and O–H groups in total. The van der Waals surface area contributed by atoms with Crippen molar-refractivity contribution in [3.63, 3.8) is 0 Å². The second-order valence-electron chi connectivity index (χ2n) is 10.2. The van der Waals surface area contributed by atoms with Crippen LogP contribution in [0.3, 0.4) is 0 Å². The third-order valence-corrected chi connectivity index (χ3v) is 7.47. The van der Waals surface area contributed by atoms with E-state index >= 15 is 0 Å². The Kier molecular flexibility index (Phi) is 10.7. The average Bonchev–Trinajstić information content (AvgIpc) is 2.92. The molecule has 8 nitrogen and oxygen atoms in total. The predicted octanol–water partition coefficient (Wildman–Crippen LogP) is 5.13. The average molecular weight is 566 g/mol. The molecule has 1 atom stereocenters. The van der Waals surface area contributed by atoms with Crippen molar-refractivity contribution in [2.45, 2.75) is 46.7 Å². The second-order valence-corrected chi connectivity index (χ2v) is 12.2. The van der Waals surface area contributed by atoms with Gasteiger partial charge in [0.2, 0.25) is 21.8 Å². The van der Waals surface area contributed by atoms with Crippen LogP contribution in [-0.2, 0) is 26.2 Å². The first-order valence-corrected chi connectivity index (χ1v) is 15.3. The minimum atomic E-state index is -3.83. The summed E-state index contributed by atoms with van der Waals surface area (Å²) in [7, 11) is -3.83. The highest BCUT2D eigenvalue weighted by atomic mass is 32.2. The number of nitrogens with one attached hydrogen (secondary N) is 1. The summed E-state index contributed by atoms with van der Waals surface area (Å²) < 4.78 is 32.6. The van der Waals surface area contributed by atoms with Crippen LogP contribution in [0, 0.1) is 12.8 Å². The van der Waals surface area contributed by atoms with E-state index in [0.29, 0.717) is 30.2 Å². The van der Waals surface area contributed by atoms with E-state index in [1.54, 1.807) is 24.3 Å². The van der Waals surface area contributed by atoms with E-state index in [-0.39, 0.29) is 18.4 Å². The molecule has 0 bridgehead atoms. The normalized spacial score (nSPS) is 12.1. The third-order valence-electron chi connectivity index (χ3n) is 6.33. The zero-order chi connectivity index (χ0) is 29.3. The first-order chi connectivity index (χ1) is 19.0. The predicted molar refractivity (Wildman–Crippen MR) is 159 cm³/mol. The first kappa shape index (κ1) is 30.7. The van der Waals surface area contributed by atoms with E-state index in [9.17, 15) is 18.0 Å². The maximum absolute atomic E-state index is 13.8. The van der Waals surface area contributed by atoms with Gasteiger partial charge in [-0.15, -0.1) is 0 Å². The molecule has 0 fully saturated rings. The van der Waals surface area contributed by atoms with Crippen LogP contribution >= 0.6 is 0 Å². The van der Waals surface area contributed by atoms with Crippen LogP contribution in [-0.4, -0.2) is 50.5 Å². The molecule has 2 amide bonds. The van der Waals surface area contributed by atoms with Crippen molar-refractivity contribution in [1.29, 1.82) is 0 Å². The van der Waals surface area contributed by atoms with Crippen molar-refractivity contribution in [2.24, 2.45) is 5.92 Å². The molecule has 0 heterocycles. The maximum atomic E-state index is 13.8. The highest BCUT2D eigenvalue weighted by Gasteiger charge is 2.31. The van der Waals surface area contributed by atoms with Gasteiger partial charge in [0.25, 0.3) is 0 Å². The number of hydrogen-bond acceptors (Lipinski definition) is 5. The number of amides is 2. The molecule has 0 aliphatic heterocycles. The Hall–Kier alpha value is -3.85. The van der Waals surface area contributed by atoms with Crippen LogP contribution in [0.5, 0.6) is 11.5 Å². The quantitative estimate of drug-likeness (QED) is 0.310. The monoisotopic (exact) mass is 565 g/mol. The van der Waals surface area contributed by atoms with E-state index in [1.807, 2.05) is 82.3 Å². The lowest BCUT2D eigenvalue weighted by Gasteiger charge is -2.33. The molecule has 0 saturated heterocycles. The summed E-state index contributed by atoms with van der Waals surface area (Å²) in [6.07, 6.45) is 1.44. The molecule has 3 rings (SSSR count). The van der Waals surface area contributed by atoms with Crippen molar-refractivity contribution >= 4 is 27.5 Å². The Morgan fingerprint density at radius 3 is 2.05 bits per heavy atom. The van der Waals surface area contributed by atoms with Gasteiger partial charge in [-0.05, 0) is 61.2 Å². The van der Waals surface area contributed by atoms with Crippen molar-refractivity contribution in [3.8, 4) is 11.5 Å². The number of ether oxygens (including phenoxy) is 1. The van der Waals surface area contributed by atoms with Gasteiger partial charge in [0.1, 0.15) is 24.1 Å². The lowest BCUT2D eigenvalue weighted by atomic mass is 10.1. The summed E-state index contributed by atoms with van der Waals surface area (Å²) in [5.74, 6) is 0.700.